The Morgan fingerprint density at radius 1 is 1.12 bits per heavy atom. The second kappa shape index (κ2) is 10.1. The van der Waals surface area contributed by atoms with Gasteiger partial charge in [0, 0.05) is 10.8 Å². The van der Waals surface area contributed by atoms with Crippen LogP contribution in [0.15, 0.2) is 48.5 Å². The molecular formula is C18H20ClNO3S. The molecule has 0 heterocycles. The lowest BCUT2D eigenvalue weighted by Crippen LogP contribution is -2.16. The standard InChI is InChI=1S/C18H20ClNO3S/c1-2-22-17-6-4-3-5-16(17)20-18(21)13-24-12-11-23-15-9-7-14(19)8-10-15/h3-10H,2,11-13H2,1H3,(H,20,21). The molecule has 0 bridgehead atoms. The van der Waals surface area contributed by atoms with Gasteiger partial charge in [-0.3, -0.25) is 4.79 Å². The smallest absolute Gasteiger partial charge is 0.234 e. The Bertz CT molecular complexity index is 649. The number of halogens is 1. The van der Waals surface area contributed by atoms with Crippen molar-refractivity contribution in [3.63, 3.8) is 0 Å². The number of benzene rings is 2. The predicted molar refractivity (Wildman–Crippen MR) is 101 cm³/mol. The van der Waals surface area contributed by atoms with Crippen LogP contribution in [0.25, 0.3) is 0 Å². The molecule has 2 aromatic carbocycles. The molecule has 128 valence electrons. The summed E-state index contributed by atoms with van der Waals surface area (Å²) in [5.74, 6) is 2.49. The van der Waals surface area contributed by atoms with Gasteiger partial charge in [0.2, 0.25) is 5.91 Å². The van der Waals surface area contributed by atoms with Crippen molar-refractivity contribution in [3.05, 3.63) is 53.6 Å². The van der Waals surface area contributed by atoms with E-state index in [2.05, 4.69) is 5.32 Å². The monoisotopic (exact) mass is 365 g/mol. The van der Waals surface area contributed by atoms with Gasteiger partial charge in [-0.05, 0) is 43.3 Å². The Kier molecular flexibility index (Phi) is 7.79. The van der Waals surface area contributed by atoms with Crippen molar-refractivity contribution in [2.45, 2.75) is 6.92 Å². The number of anilines is 1. The third-order valence-electron chi connectivity index (χ3n) is 3.00. The van der Waals surface area contributed by atoms with E-state index in [1.807, 2.05) is 43.3 Å². The van der Waals surface area contributed by atoms with E-state index in [-0.39, 0.29) is 5.91 Å². The zero-order valence-corrected chi connectivity index (χ0v) is 15.0. The zero-order valence-electron chi connectivity index (χ0n) is 13.5. The number of carbonyl (C=O) groups is 1. The van der Waals surface area contributed by atoms with Gasteiger partial charge in [0.1, 0.15) is 11.5 Å². The maximum atomic E-state index is 12.0. The molecule has 24 heavy (non-hydrogen) atoms. The molecule has 0 unspecified atom stereocenters. The van der Waals surface area contributed by atoms with Crippen molar-refractivity contribution in [3.8, 4) is 11.5 Å². The fourth-order valence-electron chi connectivity index (χ4n) is 1.95. The number of ether oxygens (including phenoxy) is 2. The molecule has 0 saturated heterocycles. The van der Waals surface area contributed by atoms with Gasteiger partial charge in [-0.1, -0.05) is 23.7 Å². The lowest BCUT2D eigenvalue weighted by Gasteiger charge is -2.11. The van der Waals surface area contributed by atoms with Gasteiger partial charge in [0.05, 0.1) is 24.7 Å². The van der Waals surface area contributed by atoms with Crippen molar-refractivity contribution in [2.75, 3.05) is 30.0 Å². The van der Waals surface area contributed by atoms with Crippen molar-refractivity contribution >= 4 is 35.0 Å². The minimum absolute atomic E-state index is 0.0568. The van der Waals surface area contributed by atoms with Crippen molar-refractivity contribution in [1.82, 2.24) is 0 Å². The van der Waals surface area contributed by atoms with E-state index in [0.29, 0.717) is 35.4 Å². The van der Waals surface area contributed by atoms with Gasteiger partial charge in [-0.2, -0.15) is 0 Å². The van der Waals surface area contributed by atoms with Crippen LogP contribution in [0, 0.1) is 0 Å². The molecule has 0 aliphatic heterocycles. The first-order chi connectivity index (χ1) is 11.7. The van der Waals surface area contributed by atoms with E-state index in [0.717, 1.165) is 11.5 Å². The summed E-state index contributed by atoms with van der Waals surface area (Å²) in [4.78, 5) is 12.0. The molecule has 0 saturated carbocycles. The van der Waals surface area contributed by atoms with Gasteiger partial charge in [-0.25, -0.2) is 0 Å². The minimum Gasteiger partial charge on any atom is -0.493 e. The number of rotatable bonds is 9. The molecule has 0 spiro atoms. The average molecular weight is 366 g/mol. The highest BCUT2D eigenvalue weighted by Crippen LogP contribution is 2.23. The minimum atomic E-state index is -0.0568. The molecule has 0 aromatic heterocycles. The summed E-state index contributed by atoms with van der Waals surface area (Å²) >= 11 is 7.33. The van der Waals surface area contributed by atoms with Gasteiger partial charge < -0.3 is 14.8 Å². The molecule has 0 aliphatic carbocycles. The molecule has 0 aliphatic rings. The molecule has 1 amide bonds. The number of amides is 1. The second-order valence-corrected chi connectivity index (χ2v) is 6.37. The van der Waals surface area contributed by atoms with Crippen LogP contribution < -0.4 is 14.8 Å². The predicted octanol–water partition coefficient (Wildman–Crippen LogP) is 4.49. The van der Waals surface area contributed by atoms with Crippen molar-refractivity contribution in [1.29, 1.82) is 0 Å². The van der Waals surface area contributed by atoms with Crippen LogP contribution in [0.3, 0.4) is 0 Å². The average Bonchev–Trinajstić information content (AvgIpc) is 2.58. The van der Waals surface area contributed by atoms with E-state index in [1.165, 1.54) is 11.8 Å². The topological polar surface area (TPSA) is 47.6 Å². The summed E-state index contributed by atoms with van der Waals surface area (Å²) in [5.41, 5.74) is 0.697. The first-order valence-corrected chi connectivity index (χ1v) is 9.20. The fourth-order valence-corrected chi connectivity index (χ4v) is 2.68. The van der Waals surface area contributed by atoms with E-state index in [4.69, 9.17) is 21.1 Å². The Labute approximate surface area is 151 Å². The zero-order chi connectivity index (χ0) is 17.2. The summed E-state index contributed by atoms with van der Waals surface area (Å²) in [6.07, 6.45) is 0. The van der Waals surface area contributed by atoms with Gasteiger partial charge in [0.15, 0.2) is 0 Å². The van der Waals surface area contributed by atoms with Crippen LogP contribution in [0.2, 0.25) is 5.02 Å². The third-order valence-corrected chi connectivity index (χ3v) is 4.18. The summed E-state index contributed by atoms with van der Waals surface area (Å²) in [6, 6.07) is 14.6. The van der Waals surface area contributed by atoms with Gasteiger partial charge in [-0.15, -0.1) is 11.8 Å². The lowest BCUT2D eigenvalue weighted by molar-refractivity contribution is -0.113. The normalized spacial score (nSPS) is 10.2. The Morgan fingerprint density at radius 2 is 1.88 bits per heavy atom. The van der Waals surface area contributed by atoms with E-state index < -0.39 is 0 Å². The number of hydrogen-bond acceptors (Lipinski definition) is 4. The number of carbonyl (C=O) groups excluding carboxylic acids is 1. The molecule has 6 heteroatoms. The summed E-state index contributed by atoms with van der Waals surface area (Å²) in [6.45, 7) is 3.01. The molecule has 2 rings (SSSR count). The quantitative estimate of drug-likeness (QED) is 0.665. The number of hydrogen-bond donors (Lipinski definition) is 1. The summed E-state index contributed by atoms with van der Waals surface area (Å²) < 4.78 is 11.1. The summed E-state index contributed by atoms with van der Waals surface area (Å²) in [7, 11) is 0. The Balaban J connectivity index is 1.67. The van der Waals surface area contributed by atoms with Gasteiger partial charge in [0.25, 0.3) is 0 Å². The first kappa shape index (κ1) is 18.5. The Hall–Kier alpha value is -1.85. The molecule has 0 atom stereocenters. The second-order valence-electron chi connectivity index (χ2n) is 4.83. The number of nitrogens with one attached hydrogen (secondary N) is 1. The molecule has 4 nitrogen and oxygen atoms in total. The maximum Gasteiger partial charge on any atom is 0.234 e. The van der Waals surface area contributed by atoms with Crippen LogP contribution in [0.4, 0.5) is 5.69 Å². The maximum absolute atomic E-state index is 12.0. The number of para-hydroxylation sites is 2. The van der Waals surface area contributed by atoms with Gasteiger partial charge >= 0.3 is 0 Å². The van der Waals surface area contributed by atoms with Crippen LogP contribution in [-0.2, 0) is 4.79 Å². The Morgan fingerprint density at radius 3 is 2.62 bits per heavy atom. The van der Waals surface area contributed by atoms with E-state index in [1.54, 1.807) is 12.1 Å². The molecule has 2 aromatic rings. The third kappa shape index (κ3) is 6.34. The van der Waals surface area contributed by atoms with Crippen LogP contribution in [0.1, 0.15) is 6.92 Å². The SMILES string of the molecule is CCOc1ccccc1NC(=O)CSCCOc1ccc(Cl)cc1. The number of thioether (sulfide) groups is 1. The summed E-state index contributed by atoms with van der Waals surface area (Å²) in [5, 5.41) is 3.55. The van der Waals surface area contributed by atoms with Crippen LogP contribution in [-0.4, -0.2) is 30.6 Å². The highest BCUT2D eigenvalue weighted by Gasteiger charge is 2.07. The fraction of sp³-hybridized carbons (Fsp3) is 0.278. The molecule has 0 fully saturated rings. The van der Waals surface area contributed by atoms with E-state index >= 15 is 0 Å². The molecule has 0 radical (unpaired) electrons. The van der Waals surface area contributed by atoms with Crippen LogP contribution >= 0.6 is 23.4 Å². The van der Waals surface area contributed by atoms with Crippen molar-refractivity contribution in [2.24, 2.45) is 0 Å². The highest BCUT2D eigenvalue weighted by molar-refractivity contribution is 7.99. The highest BCUT2D eigenvalue weighted by atomic mass is 35.5. The van der Waals surface area contributed by atoms with Crippen molar-refractivity contribution < 1.29 is 14.3 Å². The first-order valence-electron chi connectivity index (χ1n) is 7.67. The molecular weight excluding hydrogens is 346 g/mol. The largest absolute Gasteiger partial charge is 0.493 e. The molecule has 1 N–H and O–H groups in total. The lowest BCUT2D eigenvalue weighted by atomic mass is 10.3. The van der Waals surface area contributed by atoms with E-state index in [9.17, 15) is 4.79 Å². The van der Waals surface area contributed by atoms with Crippen LogP contribution in [0.5, 0.6) is 11.5 Å².